The van der Waals surface area contributed by atoms with Crippen molar-refractivity contribution in [1.29, 1.82) is 0 Å². The summed E-state index contributed by atoms with van der Waals surface area (Å²) in [5, 5.41) is 11.3. The Balaban J connectivity index is 2.45. The largest absolute Gasteiger partial charge is 0.270 e. The Morgan fingerprint density at radius 3 is 2.57 bits per heavy atom. The molecule has 21 heavy (non-hydrogen) atoms. The van der Waals surface area contributed by atoms with Crippen LogP contribution in [0.3, 0.4) is 0 Å². The average Bonchev–Trinajstić information content (AvgIpc) is 2.48. The molecule has 2 aromatic rings. The molecule has 0 saturated heterocycles. The number of non-ortho nitro benzene ring substituents is 1. The maximum atomic E-state index is 12.1. The number of hydrogen-bond acceptors (Lipinski definition) is 3. The Bertz CT molecular complexity index is 703. The van der Waals surface area contributed by atoms with Gasteiger partial charge in [-0.2, -0.15) is 0 Å². The Kier molecular flexibility index (Phi) is 5.09. The van der Waals surface area contributed by atoms with Crippen LogP contribution in [0.4, 0.5) is 5.69 Å². The first-order valence-electron chi connectivity index (χ1n) is 6.45. The smallest absolute Gasteiger partial charge is 0.258 e. The van der Waals surface area contributed by atoms with Gasteiger partial charge in [-0.05, 0) is 29.7 Å². The lowest BCUT2D eigenvalue weighted by Crippen LogP contribution is -1.98. The summed E-state index contributed by atoms with van der Waals surface area (Å²) in [7, 11) is -1.16. The topological polar surface area (TPSA) is 60.2 Å². The molecule has 0 bridgehead atoms. The van der Waals surface area contributed by atoms with Crippen LogP contribution in [0, 0.1) is 10.1 Å². The first-order chi connectivity index (χ1) is 10.0. The predicted octanol–water partition coefficient (Wildman–Crippen LogP) is 4.43. The zero-order chi connectivity index (χ0) is 15.4. The van der Waals surface area contributed by atoms with Crippen LogP contribution in [0.1, 0.15) is 13.3 Å². The molecule has 0 N–H and O–H groups in total. The summed E-state index contributed by atoms with van der Waals surface area (Å²) in [6, 6.07) is 11.5. The molecule has 2 aromatic carbocycles. The van der Waals surface area contributed by atoms with Crippen LogP contribution < -0.4 is 0 Å². The molecular formula is C15H14ClNO3S. The summed E-state index contributed by atoms with van der Waals surface area (Å²) in [4.78, 5) is 11.0. The molecular weight excluding hydrogens is 310 g/mol. The second-order valence-corrected chi connectivity index (χ2v) is 6.45. The molecule has 0 fully saturated rings. The van der Waals surface area contributed by atoms with Gasteiger partial charge in [0.2, 0.25) is 0 Å². The molecule has 0 radical (unpaired) electrons. The van der Waals surface area contributed by atoms with Crippen molar-refractivity contribution in [3.63, 3.8) is 0 Å². The summed E-state index contributed by atoms with van der Waals surface area (Å²) >= 11 is 6.09. The number of rotatable bonds is 5. The van der Waals surface area contributed by atoms with E-state index in [1.165, 1.54) is 12.1 Å². The molecule has 2 rings (SSSR count). The lowest BCUT2D eigenvalue weighted by atomic mass is 10.1. The maximum Gasteiger partial charge on any atom is 0.270 e. The quantitative estimate of drug-likeness (QED) is 0.604. The summed E-state index contributed by atoms with van der Waals surface area (Å²) in [5.41, 5.74) is 1.50. The first-order valence-corrected chi connectivity index (χ1v) is 8.15. The van der Waals surface area contributed by atoms with Crippen LogP contribution in [0.25, 0.3) is 11.1 Å². The van der Waals surface area contributed by atoms with Gasteiger partial charge in [0, 0.05) is 17.9 Å². The van der Waals surface area contributed by atoms with Gasteiger partial charge in [-0.1, -0.05) is 36.7 Å². The Hall–Kier alpha value is -1.72. The van der Waals surface area contributed by atoms with Crippen LogP contribution in [0.2, 0.25) is 5.02 Å². The molecule has 0 spiro atoms. The van der Waals surface area contributed by atoms with Crippen LogP contribution >= 0.6 is 11.6 Å². The maximum absolute atomic E-state index is 12.1. The number of benzene rings is 2. The highest BCUT2D eigenvalue weighted by Crippen LogP contribution is 2.29. The standard InChI is InChI=1S/C15H14ClNO3S/c1-2-8-21(20)15-10-12(6-7-14(15)16)11-4-3-5-13(9-11)17(18)19/h3-7,9-10H,2,8H2,1H3. The Morgan fingerprint density at radius 1 is 1.19 bits per heavy atom. The van der Waals surface area contributed by atoms with E-state index < -0.39 is 15.7 Å². The van der Waals surface area contributed by atoms with Gasteiger partial charge in [-0.25, -0.2) is 0 Å². The molecule has 1 atom stereocenters. The van der Waals surface area contributed by atoms with Crippen molar-refractivity contribution in [1.82, 2.24) is 0 Å². The SMILES string of the molecule is CCCS(=O)c1cc(-c2cccc([N+](=O)[O-])c2)ccc1Cl. The molecule has 110 valence electrons. The van der Waals surface area contributed by atoms with E-state index in [4.69, 9.17) is 11.6 Å². The highest BCUT2D eigenvalue weighted by atomic mass is 35.5. The van der Waals surface area contributed by atoms with Crippen LogP contribution in [-0.4, -0.2) is 14.9 Å². The van der Waals surface area contributed by atoms with Gasteiger partial charge in [-0.3, -0.25) is 14.3 Å². The van der Waals surface area contributed by atoms with E-state index in [9.17, 15) is 14.3 Å². The highest BCUT2D eigenvalue weighted by molar-refractivity contribution is 7.85. The van der Waals surface area contributed by atoms with E-state index in [-0.39, 0.29) is 5.69 Å². The van der Waals surface area contributed by atoms with Gasteiger partial charge in [-0.15, -0.1) is 0 Å². The summed E-state index contributed by atoms with van der Waals surface area (Å²) in [5.74, 6) is 0.540. The fraction of sp³-hybridized carbons (Fsp3) is 0.200. The molecule has 0 aliphatic rings. The molecule has 0 heterocycles. The first kappa shape index (κ1) is 15.7. The highest BCUT2D eigenvalue weighted by Gasteiger charge is 2.12. The van der Waals surface area contributed by atoms with Crippen molar-refractivity contribution in [2.45, 2.75) is 18.2 Å². The molecule has 0 aromatic heterocycles. The predicted molar refractivity (Wildman–Crippen MR) is 85.1 cm³/mol. The molecule has 6 heteroatoms. The fourth-order valence-corrected chi connectivity index (χ4v) is 3.46. The number of nitro groups is 1. The van der Waals surface area contributed by atoms with Gasteiger partial charge in [0.25, 0.3) is 5.69 Å². The van der Waals surface area contributed by atoms with Gasteiger partial charge in [0.1, 0.15) is 0 Å². The van der Waals surface area contributed by atoms with E-state index in [0.29, 0.717) is 21.2 Å². The molecule has 0 aliphatic carbocycles. The van der Waals surface area contributed by atoms with Crippen molar-refractivity contribution >= 4 is 28.1 Å². The number of halogens is 1. The normalized spacial score (nSPS) is 12.1. The van der Waals surface area contributed by atoms with E-state index in [2.05, 4.69) is 0 Å². The second kappa shape index (κ2) is 6.83. The third-order valence-corrected chi connectivity index (χ3v) is 5.01. The van der Waals surface area contributed by atoms with Crippen molar-refractivity contribution in [2.24, 2.45) is 0 Å². The van der Waals surface area contributed by atoms with Crippen molar-refractivity contribution < 1.29 is 9.13 Å². The lowest BCUT2D eigenvalue weighted by molar-refractivity contribution is -0.384. The molecule has 0 amide bonds. The van der Waals surface area contributed by atoms with Crippen molar-refractivity contribution in [2.75, 3.05) is 5.75 Å². The van der Waals surface area contributed by atoms with Crippen molar-refractivity contribution in [3.8, 4) is 11.1 Å². The summed E-state index contributed by atoms with van der Waals surface area (Å²) < 4.78 is 12.1. The summed E-state index contributed by atoms with van der Waals surface area (Å²) in [6.07, 6.45) is 0.796. The molecule has 0 saturated carbocycles. The number of nitro benzene ring substituents is 1. The third-order valence-electron chi connectivity index (χ3n) is 2.96. The Morgan fingerprint density at radius 2 is 1.90 bits per heavy atom. The minimum atomic E-state index is -1.16. The van der Waals surface area contributed by atoms with E-state index in [1.54, 1.807) is 30.3 Å². The Labute approximate surface area is 130 Å². The second-order valence-electron chi connectivity index (χ2n) is 4.50. The van der Waals surface area contributed by atoms with Gasteiger partial charge < -0.3 is 0 Å². The van der Waals surface area contributed by atoms with Gasteiger partial charge in [0.15, 0.2) is 0 Å². The number of hydrogen-bond donors (Lipinski definition) is 0. The minimum absolute atomic E-state index is 0.0266. The number of nitrogens with zero attached hydrogens (tertiary/aromatic N) is 1. The van der Waals surface area contributed by atoms with Gasteiger partial charge in [0.05, 0.1) is 25.6 Å². The zero-order valence-corrected chi connectivity index (χ0v) is 13.0. The zero-order valence-electron chi connectivity index (χ0n) is 11.4. The van der Waals surface area contributed by atoms with Crippen molar-refractivity contribution in [3.05, 3.63) is 57.6 Å². The average molecular weight is 324 g/mol. The molecule has 4 nitrogen and oxygen atoms in total. The van der Waals surface area contributed by atoms with Crippen LogP contribution in [0.5, 0.6) is 0 Å². The monoisotopic (exact) mass is 323 g/mol. The van der Waals surface area contributed by atoms with E-state index in [0.717, 1.165) is 12.0 Å². The minimum Gasteiger partial charge on any atom is -0.258 e. The lowest BCUT2D eigenvalue weighted by Gasteiger charge is -2.07. The fourth-order valence-electron chi connectivity index (χ4n) is 1.95. The molecule has 1 unspecified atom stereocenters. The third kappa shape index (κ3) is 3.68. The van der Waals surface area contributed by atoms with Crippen LogP contribution in [0.15, 0.2) is 47.4 Å². The molecule has 0 aliphatic heterocycles. The van der Waals surface area contributed by atoms with Crippen LogP contribution in [-0.2, 0) is 10.8 Å². The summed E-state index contributed by atoms with van der Waals surface area (Å²) in [6.45, 7) is 1.95. The van der Waals surface area contributed by atoms with E-state index in [1.807, 2.05) is 6.92 Å². The van der Waals surface area contributed by atoms with E-state index >= 15 is 0 Å². The van der Waals surface area contributed by atoms with Gasteiger partial charge >= 0.3 is 0 Å².